The molecule has 0 aliphatic heterocycles. The molecule has 3 heteroatoms. The molecule has 3 heterocycles. The number of aryl methyl sites for hydroxylation is 3. The summed E-state index contributed by atoms with van der Waals surface area (Å²) >= 11 is 0. The molecule has 0 bridgehead atoms. The van der Waals surface area contributed by atoms with Crippen LogP contribution in [0.15, 0.2) is 73.2 Å². The van der Waals surface area contributed by atoms with Gasteiger partial charge in [0.25, 0.3) is 0 Å². The predicted octanol–water partition coefficient (Wildman–Crippen LogP) is 6.42. The average Bonchev–Trinajstić information content (AvgIpc) is 3.29. The average molecular weight is 375 g/mol. The molecule has 0 N–H and O–H groups in total. The van der Waals surface area contributed by atoms with Crippen LogP contribution in [0.1, 0.15) is 11.1 Å². The molecule has 0 saturated carbocycles. The van der Waals surface area contributed by atoms with E-state index in [1.807, 2.05) is 6.20 Å². The van der Waals surface area contributed by atoms with Gasteiger partial charge in [-0.1, -0.05) is 42.5 Å². The highest BCUT2D eigenvalue weighted by Crippen LogP contribution is 2.36. The van der Waals surface area contributed by atoms with Crippen molar-refractivity contribution in [3.8, 4) is 11.3 Å². The molecule has 0 saturated heterocycles. The summed E-state index contributed by atoms with van der Waals surface area (Å²) in [7, 11) is 2.08. The van der Waals surface area contributed by atoms with Crippen LogP contribution in [0.2, 0.25) is 0 Å². The second kappa shape index (κ2) is 5.71. The topological polar surface area (TPSA) is 22.2 Å². The number of nitrogens with zero attached hydrogens (tertiary/aromatic N) is 3. The first kappa shape index (κ1) is 16.4. The summed E-state index contributed by atoms with van der Waals surface area (Å²) in [5.74, 6) is 0. The summed E-state index contributed by atoms with van der Waals surface area (Å²) < 4.78 is 4.47. The van der Waals surface area contributed by atoms with Crippen molar-refractivity contribution in [2.24, 2.45) is 7.05 Å². The normalized spacial score (nSPS) is 12.0. The highest BCUT2D eigenvalue weighted by atomic mass is 15.0. The van der Waals surface area contributed by atoms with Crippen molar-refractivity contribution < 1.29 is 0 Å². The molecule has 3 aromatic heterocycles. The predicted molar refractivity (Wildman–Crippen MR) is 122 cm³/mol. The van der Waals surface area contributed by atoms with Gasteiger partial charge in [0.05, 0.1) is 17.4 Å². The smallest absolute Gasteiger partial charge is 0.145 e. The maximum absolute atomic E-state index is 4.90. The lowest BCUT2D eigenvalue weighted by Crippen LogP contribution is -1.96. The minimum Gasteiger partial charge on any atom is -0.356 e. The van der Waals surface area contributed by atoms with E-state index < -0.39 is 0 Å². The Labute approximate surface area is 168 Å². The number of pyridine rings is 1. The summed E-state index contributed by atoms with van der Waals surface area (Å²) in [6.45, 7) is 4.36. The van der Waals surface area contributed by atoms with Gasteiger partial charge in [0.2, 0.25) is 0 Å². The second-order valence-corrected chi connectivity index (χ2v) is 8.04. The molecule has 0 atom stereocenters. The van der Waals surface area contributed by atoms with Crippen molar-refractivity contribution in [2.45, 2.75) is 13.8 Å². The van der Waals surface area contributed by atoms with E-state index in [4.69, 9.17) is 4.98 Å². The van der Waals surface area contributed by atoms with Gasteiger partial charge >= 0.3 is 0 Å². The number of imidazole rings is 1. The van der Waals surface area contributed by atoms with E-state index >= 15 is 0 Å². The Hall–Kier alpha value is -3.59. The quantitative estimate of drug-likeness (QED) is 0.304. The van der Waals surface area contributed by atoms with Crippen LogP contribution in [0.4, 0.5) is 0 Å². The van der Waals surface area contributed by atoms with Crippen LogP contribution in [-0.4, -0.2) is 14.0 Å². The van der Waals surface area contributed by atoms with Crippen molar-refractivity contribution in [1.82, 2.24) is 14.0 Å². The summed E-state index contributed by atoms with van der Waals surface area (Å²) in [4.78, 5) is 4.90. The molecule has 0 radical (unpaired) electrons. The lowest BCUT2D eigenvalue weighted by Gasteiger charge is -2.14. The molecule has 0 aliphatic rings. The summed E-state index contributed by atoms with van der Waals surface area (Å²) in [6.07, 6.45) is 6.41. The molecule has 6 aromatic rings. The van der Waals surface area contributed by atoms with Crippen LogP contribution in [0.5, 0.6) is 0 Å². The molecule has 0 spiro atoms. The molecule has 0 fully saturated rings. The maximum Gasteiger partial charge on any atom is 0.145 e. The van der Waals surface area contributed by atoms with Gasteiger partial charge in [0.15, 0.2) is 0 Å². The first-order chi connectivity index (χ1) is 14.1. The van der Waals surface area contributed by atoms with E-state index in [0.29, 0.717) is 0 Å². The zero-order valence-corrected chi connectivity index (χ0v) is 16.8. The highest BCUT2D eigenvalue weighted by Gasteiger charge is 2.17. The first-order valence-corrected chi connectivity index (χ1v) is 9.96. The van der Waals surface area contributed by atoms with Crippen LogP contribution < -0.4 is 0 Å². The van der Waals surface area contributed by atoms with E-state index in [1.54, 1.807) is 0 Å². The Morgan fingerprint density at radius 3 is 2.21 bits per heavy atom. The molecular formula is C26H21N3. The van der Waals surface area contributed by atoms with E-state index in [0.717, 1.165) is 11.3 Å². The van der Waals surface area contributed by atoms with E-state index in [-0.39, 0.29) is 0 Å². The second-order valence-electron chi connectivity index (χ2n) is 8.04. The zero-order chi connectivity index (χ0) is 19.7. The van der Waals surface area contributed by atoms with Crippen molar-refractivity contribution in [3.05, 3.63) is 84.3 Å². The SMILES string of the molecule is Cc1cccc(C)c1-c1cnc2c3ccccc3c3cc4cn(C)cc4cc3n12. The molecule has 140 valence electrons. The van der Waals surface area contributed by atoms with Gasteiger partial charge in [-0.2, -0.15) is 0 Å². The fourth-order valence-electron chi connectivity index (χ4n) is 4.82. The van der Waals surface area contributed by atoms with Crippen molar-refractivity contribution >= 4 is 38.1 Å². The minimum absolute atomic E-state index is 1.01. The van der Waals surface area contributed by atoms with Gasteiger partial charge in [0.1, 0.15) is 5.65 Å². The maximum atomic E-state index is 4.90. The van der Waals surface area contributed by atoms with Gasteiger partial charge < -0.3 is 4.57 Å². The minimum atomic E-state index is 1.01. The van der Waals surface area contributed by atoms with E-state index in [9.17, 15) is 0 Å². The molecule has 3 nitrogen and oxygen atoms in total. The molecule has 0 amide bonds. The van der Waals surface area contributed by atoms with Crippen LogP contribution >= 0.6 is 0 Å². The molecule has 29 heavy (non-hydrogen) atoms. The van der Waals surface area contributed by atoms with Crippen LogP contribution in [0.25, 0.3) is 49.4 Å². The standard InChI is InChI=1S/C26H21N3/c1-16-7-6-8-17(2)25(16)24-13-27-26-21-10-5-4-9-20(21)22-11-18-14-28(3)15-19(18)12-23(22)29(24)26/h4-15H,1-3H3. The number of aromatic nitrogens is 3. The first-order valence-electron chi connectivity index (χ1n) is 9.96. The molecule has 3 aromatic carbocycles. The van der Waals surface area contributed by atoms with Crippen molar-refractivity contribution in [1.29, 1.82) is 0 Å². The van der Waals surface area contributed by atoms with Gasteiger partial charge in [0, 0.05) is 46.5 Å². The number of hydrogen-bond acceptors (Lipinski definition) is 1. The molecule has 0 unspecified atom stereocenters. The Bertz CT molecular complexity index is 1560. The number of hydrogen-bond donors (Lipinski definition) is 0. The van der Waals surface area contributed by atoms with Crippen molar-refractivity contribution in [3.63, 3.8) is 0 Å². The fraction of sp³-hybridized carbons (Fsp3) is 0.115. The third-order valence-corrected chi connectivity index (χ3v) is 6.08. The molecular weight excluding hydrogens is 354 g/mol. The lowest BCUT2D eigenvalue weighted by molar-refractivity contribution is 0.933. The Kier molecular flexibility index (Phi) is 3.22. The Balaban J connectivity index is 1.89. The zero-order valence-electron chi connectivity index (χ0n) is 16.8. The van der Waals surface area contributed by atoms with Gasteiger partial charge in [-0.25, -0.2) is 4.98 Å². The molecule has 6 rings (SSSR count). The summed E-state index contributed by atoms with van der Waals surface area (Å²) in [5.41, 5.74) is 7.18. The third-order valence-electron chi connectivity index (χ3n) is 6.08. The monoisotopic (exact) mass is 375 g/mol. The number of fused-ring (bicyclic) bond motifs is 7. The van der Waals surface area contributed by atoms with Gasteiger partial charge in [-0.15, -0.1) is 0 Å². The Morgan fingerprint density at radius 1 is 0.759 bits per heavy atom. The fourth-order valence-corrected chi connectivity index (χ4v) is 4.82. The van der Waals surface area contributed by atoms with Crippen LogP contribution in [0, 0.1) is 13.8 Å². The van der Waals surface area contributed by atoms with Crippen LogP contribution in [0.3, 0.4) is 0 Å². The van der Waals surface area contributed by atoms with E-state index in [1.165, 1.54) is 49.1 Å². The van der Waals surface area contributed by atoms with E-state index in [2.05, 4.69) is 96.9 Å². The molecule has 0 aliphatic carbocycles. The van der Waals surface area contributed by atoms with Gasteiger partial charge in [-0.05, 0) is 42.5 Å². The lowest BCUT2D eigenvalue weighted by atomic mass is 9.99. The van der Waals surface area contributed by atoms with Crippen LogP contribution in [-0.2, 0) is 7.05 Å². The largest absolute Gasteiger partial charge is 0.356 e. The number of benzene rings is 3. The summed E-state index contributed by atoms with van der Waals surface area (Å²) in [5, 5.41) is 6.21. The van der Waals surface area contributed by atoms with Gasteiger partial charge in [-0.3, -0.25) is 4.40 Å². The third kappa shape index (κ3) is 2.21. The highest BCUT2D eigenvalue weighted by molar-refractivity contribution is 6.15. The Morgan fingerprint density at radius 2 is 1.45 bits per heavy atom. The number of rotatable bonds is 1. The van der Waals surface area contributed by atoms with Crippen molar-refractivity contribution in [2.75, 3.05) is 0 Å². The summed E-state index contributed by atoms with van der Waals surface area (Å²) in [6, 6.07) is 19.7.